The van der Waals surface area contributed by atoms with Gasteiger partial charge in [0.25, 0.3) is 0 Å². The zero-order valence-corrected chi connectivity index (χ0v) is 16.4. The normalized spacial score (nSPS) is 16.6. The molecule has 2 heterocycles. The zero-order valence-electron chi connectivity index (χ0n) is 16.4. The van der Waals surface area contributed by atoms with Crippen molar-refractivity contribution in [2.45, 2.75) is 31.8 Å². The smallest absolute Gasteiger partial charge is 0.496 e. The van der Waals surface area contributed by atoms with Crippen molar-refractivity contribution in [1.29, 1.82) is 0 Å². The Bertz CT molecular complexity index is 1070. The van der Waals surface area contributed by atoms with Crippen molar-refractivity contribution in [1.82, 2.24) is 15.0 Å². The second kappa shape index (κ2) is 8.29. The second-order valence-corrected chi connectivity index (χ2v) is 6.92. The lowest BCUT2D eigenvalue weighted by Gasteiger charge is -2.22. The van der Waals surface area contributed by atoms with Gasteiger partial charge >= 0.3 is 6.36 Å². The van der Waals surface area contributed by atoms with Crippen molar-refractivity contribution >= 4 is 5.91 Å². The molecule has 0 radical (unpaired) electrons. The average molecular weight is 433 g/mol. The van der Waals surface area contributed by atoms with Crippen molar-refractivity contribution in [3.63, 3.8) is 0 Å². The Morgan fingerprint density at radius 1 is 1.16 bits per heavy atom. The van der Waals surface area contributed by atoms with Crippen LogP contribution in [0, 0.1) is 0 Å². The molecule has 1 fully saturated rings. The van der Waals surface area contributed by atoms with Crippen LogP contribution in [0.2, 0.25) is 0 Å². The summed E-state index contributed by atoms with van der Waals surface area (Å²) in [5, 5.41) is 4.02. The van der Waals surface area contributed by atoms with Crippen LogP contribution in [0.25, 0.3) is 11.4 Å². The van der Waals surface area contributed by atoms with Gasteiger partial charge in [0.2, 0.25) is 17.6 Å². The number of hydrogen-bond donors (Lipinski definition) is 0. The number of methoxy groups -OCH3 is 1. The van der Waals surface area contributed by atoms with E-state index in [1.807, 2.05) is 12.1 Å². The number of hydrogen-bond acceptors (Lipinski definition) is 6. The third-order valence-corrected chi connectivity index (χ3v) is 4.91. The van der Waals surface area contributed by atoms with Crippen molar-refractivity contribution in [2.75, 3.05) is 7.11 Å². The van der Waals surface area contributed by atoms with Gasteiger partial charge in [-0.25, -0.2) is 0 Å². The fourth-order valence-corrected chi connectivity index (χ4v) is 3.49. The maximum atomic E-state index is 12.4. The van der Waals surface area contributed by atoms with Gasteiger partial charge in [-0.1, -0.05) is 29.4 Å². The monoisotopic (exact) mass is 433 g/mol. The fourth-order valence-electron chi connectivity index (χ4n) is 3.49. The van der Waals surface area contributed by atoms with Crippen molar-refractivity contribution in [3.05, 3.63) is 60.0 Å². The number of amides is 1. The van der Waals surface area contributed by atoms with E-state index in [1.54, 1.807) is 24.1 Å². The summed E-state index contributed by atoms with van der Waals surface area (Å²) in [5.41, 5.74) is 1.32. The van der Waals surface area contributed by atoms with E-state index in [4.69, 9.17) is 9.26 Å². The van der Waals surface area contributed by atoms with Crippen LogP contribution in [0.1, 0.15) is 30.3 Å². The van der Waals surface area contributed by atoms with E-state index in [1.165, 1.54) is 24.3 Å². The van der Waals surface area contributed by atoms with Gasteiger partial charge in [0, 0.05) is 13.0 Å². The van der Waals surface area contributed by atoms with Crippen LogP contribution in [0.4, 0.5) is 13.2 Å². The van der Waals surface area contributed by atoms with E-state index in [0.29, 0.717) is 41.4 Å². The molecule has 1 saturated heterocycles. The molecule has 0 saturated carbocycles. The van der Waals surface area contributed by atoms with Crippen LogP contribution >= 0.6 is 0 Å². The lowest BCUT2D eigenvalue weighted by Crippen LogP contribution is -2.27. The summed E-state index contributed by atoms with van der Waals surface area (Å²) in [6.07, 6.45) is -3.94. The molecule has 2 aromatic carbocycles. The zero-order chi connectivity index (χ0) is 22.0. The number of halogens is 3. The molecule has 0 spiro atoms. The molecule has 31 heavy (non-hydrogen) atoms. The number of benzene rings is 2. The average Bonchev–Trinajstić information content (AvgIpc) is 3.35. The van der Waals surface area contributed by atoms with E-state index in [9.17, 15) is 18.0 Å². The van der Waals surface area contributed by atoms with Crippen molar-refractivity contribution < 1.29 is 32.0 Å². The fraction of sp³-hybridized carbons (Fsp3) is 0.286. The minimum Gasteiger partial charge on any atom is -0.496 e. The van der Waals surface area contributed by atoms with Crippen molar-refractivity contribution in [2.24, 2.45) is 0 Å². The van der Waals surface area contributed by atoms with Gasteiger partial charge in [-0.3, -0.25) is 4.79 Å². The number of para-hydroxylation sites is 1. The molecule has 1 amide bonds. The number of aromatic nitrogens is 2. The van der Waals surface area contributed by atoms with Crippen LogP contribution in [-0.4, -0.2) is 34.4 Å². The molecule has 7 nitrogen and oxygen atoms in total. The summed E-state index contributed by atoms with van der Waals surface area (Å²) in [6.45, 7) is 0.197. The number of nitrogens with zero attached hydrogens (tertiary/aromatic N) is 3. The lowest BCUT2D eigenvalue weighted by molar-refractivity contribution is -0.274. The highest BCUT2D eigenvalue weighted by Crippen LogP contribution is 2.35. The third-order valence-electron chi connectivity index (χ3n) is 4.91. The Balaban J connectivity index is 1.52. The number of alkyl halides is 3. The van der Waals surface area contributed by atoms with E-state index >= 15 is 0 Å². The molecule has 1 aromatic heterocycles. The van der Waals surface area contributed by atoms with Crippen LogP contribution in [0.3, 0.4) is 0 Å². The molecule has 1 aliphatic heterocycles. The molecule has 162 valence electrons. The number of carbonyl (C=O) groups excluding carboxylic acids is 1. The Labute approximate surface area is 175 Å². The molecule has 1 atom stereocenters. The Hall–Kier alpha value is -3.56. The van der Waals surface area contributed by atoms with Gasteiger partial charge in [-0.2, -0.15) is 4.98 Å². The van der Waals surface area contributed by atoms with E-state index in [0.717, 1.165) is 0 Å². The van der Waals surface area contributed by atoms with Crippen molar-refractivity contribution in [3.8, 4) is 22.9 Å². The van der Waals surface area contributed by atoms with E-state index < -0.39 is 12.4 Å². The number of rotatable bonds is 6. The molecule has 0 aliphatic carbocycles. The minimum atomic E-state index is -4.76. The van der Waals surface area contributed by atoms with Gasteiger partial charge in [0.1, 0.15) is 17.5 Å². The molecule has 0 N–H and O–H groups in total. The predicted molar refractivity (Wildman–Crippen MR) is 102 cm³/mol. The summed E-state index contributed by atoms with van der Waals surface area (Å²) in [7, 11) is 1.54. The summed E-state index contributed by atoms with van der Waals surface area (Å²) >= 11 is 0. The molecule has 1 unspecified atom stereocenters. The quantitative estimate of drug-likeness (QED) is 0.569. The van der Waals surface area contributed by atoms with Gasteiger partial charge in [0.05, 0.1) is 12.7 Å². The highest BCUT2D eigenvalue weighted by atomic mass is 19.4. The first-order chi connectivity index (χ1) is 14.8. The van der Waals surface area contributed by atoms with Crippen LogP contribution in [0.15, 0.2) is 53.1 Å². The lowest BCUT2D eigenvalue weighted by atomic mass is 10.1. The number of ether oxygens (including phenoxy) is 2. The SMILES string of the molecule is COc1ccccc1-c1noc(C2CCC(=O)N2Cc2ccc(OC(F)(F)F)cc2)n1. The number of likely N-dealkylation sites (tertiary alicyclic amines) is 1. The van der Waals surface area contributed by atoms with Gasteiger partial charge < -0.3 is 18.9 Å². The molecular formula is C21H18F3N3O4. The standard InChI is InChI=1S/C21H18F3N3O4/c1-29-17-5-3-2-4-15(17)19-25-20(31-26-19)16-10-11-18(28)27(16)12-13-6-8-14(9-7-13)30-21(22,23)24/h2-9,16H,10-12H2,1H3. The Morgan fingerprint density at radius 2 is 1.90 bits per heavy atom. The summed E-state index contributed by atoms with van der Waals surface area (Å²) in [4.78, 5) is 18.5. The molecule has 3 aromatic rings. The third kappa shape index (κ3) is 4.62. The largest absolute Gasteiger partial charge is 0.573 e. The van der Waals surface area contributed by atoms with Gasteiger partial charge in [-0.05, 0) is 36.2 Å². The van der Waals surface area contributed by atoms with Gasteiger partial charge in [-0.15, -0.1) is 13.2 Å². The highest BCUT2D eigenvalue weighted by Gasteiger charge is 2.36. The van der Waals surface area contributed by atoms with Gasteiger partial charge in [0.15, 0.2) is 0 Å². The first kappa shape index (κ1) is 20.7. The van der Waals surface area contributed by atoms with E-state index in [-0.39, 0.29) is 18.2 Å². The number of carbonyl (C=O) groups is 1. The molecule has 1 aliphatic rings. The predicted octanol–water partition coefficient (Wildman–Crippen LogP) is 4.51. The molecule has 4 rings (SSSR count). The Kier molecular flexibility index (Phi) is 5.53. The molecule has 0 bridgehead atoms. The molecule has 10 heteroatoms. The summed E-state index contributed by atoms with van der Waals surface area (Å²) in [5.74, 6) is 0.816. The Morgan fingerprint density at radius 3 is 2.61 bits per heavy atom. The van der Waals surface area contributed by atoms with Crippen LogP contribution < -0.4 is 9.47 Å². The van der Waals surface area contributed by atoms with E-state index in [2.05, 4.69) is 14.9 Å². The van der Waals surface area contributed by atoms with Crippen LogP contribution in [-0.2, 0) is 11.3 Å². The minimum absolute atomic E-state index is 0.0994. The maximum absolute atomic E-state index is 12.4. The maximum Gasteiger partial charge on any atom is 0.573 e. The second-order valence-electron chi connectivity index (χ2n) is 6.92. The summed E-state index contributed by atoms with van der Waals surface area (Å²) < 4.78 is 51.6. The molecular weight excluding hydrogens is 415 g/mol. The first-order valence-corrected chi connectivity index (χ1v) is 9.45. The topological polar surface area (TPSA) is 77.7 Å². The highest BCUT2D eigenvalue weighted by molar-refractivity contribution is 5.79. The first-order valence-electron chi connectivity index (χ1n) is 9.45. The summed E-state index contributed by atoms with van der Waals surface area (Å²) in [6, 6.07) is 12.2. The van der Waals surface area contributed by atoms with Crippen LogP contribution in [0.5, 0.6) is 11.5 Å².